The van der Waals surface area contributed by atoms with Crippen molar-refractivity contribution < 1.29 is 14.7 Å². The van der Waals surface area contributed by atoms with E-state index >= 15 is 0 Å². The van der Waals surface area contributed by atoms with Crippen molar-refractivity contribution in [3.63, 3.8) is 0 Å². The average Bonchev–Trinajstić information content (AvgIpc) is 2.29. The molecule has 1 fully saturated rings. The van der Waals surface area contributed by atoms with Gasteiger partial charge in [-0.2, -0.15) is 0 Å². The fourth-order valence-corrected chi connectivity index (χ4v) is 2.18. The summed E-state index contributed by atoms with van der Waals surface area (Å²) in [6.07, 6.45) is 6.74. The summed E-state index contributed by atoms with van der Waals surface area (Å²) in [7, 11) is 0. The molecule has 1 unspecified atom stereocenters. The Bertz CT molecular complexity index is 290. The number of carbonyl (C=O) groups is 2. The molecule has 0 bridgehead atoms. The molecule has 1 saturated carbocycles. The molecule has 2 amide bonds. The maximum absolute atomic E-state index is 11.5. The predicted octanol–water partition coefficient (Wildman–Crippen LogP) is 2.37. The first kappa shape index (κ1) is 15.8. The maximum atomic E-state index is 11.5. The van der Waals surface area contributed by atoms with Crippen LogP contribution in [-0.4, -0.2) is 30.2 Å². The molecule has 0 aromatic carbocycles. The Morgan fingerprint density at radius 2 is 1.89 bits per heavy atom. The summed E-state index contributed by atoms with van der Waals surface area (Å²) in [6.45, 7) is 3.38. The number of hydrogen-bond acceptors (Lipinski definition) is 2. The molecule has 1 rings (SSSR count). The van der Waals surface area contributed by atoms with Crippen molar-refractivity contribution in [1.82, 2.24) is 10.6 Å². The molecule has 0 radical (unpaired) electrons. The SMILES string of the molecule is CC(CCNC(=O)NCCC1CCC1)CCC(=O)O. The molecular formula is C14H26N2O3. The van der Waals surface area contributed by atoms with Crippen LogP contribution in [0.2, 0.25) is 0 Å². The molecule has 1 aliphatic rings. The Balaban J connectivity index is 1.92. The molecular weight excluding hydrogens is 244 g/mol. The zero-order valence-electron chi connectivity index (χ0n) is 11.8. The van der Waals surface area contributed by atoms with Crippen molar-refractivity contribution in [2.24, 2.45) is 11.8 Å². The number of urea groups is 1. The minimum Gasteiger partial charge on any atom is -0.481 e. The van der Waals surface area contributed by atoms with Gasteiger partial charge in [-0.1, -0.05) is 26.2 Å². The highest BCUT2D eigenvalue weighted by molar-refractivity contribution is 5.73. The van der Waals surface area contributed by atoms with Gasteiger partial charge in [0.15, 0.2) is 0 Å². The van der Waals surface area contributed by atoms with E-state index in [2.05, 4.69) is 10.6 Å². The van der Waals surface area contributed by atoms with Crippen LogP contribution < -0.4 is 10.6 Å². The van der Waals surface area contributed by atoms with E-state index in [4.69, 9.17) is 5.11 Å². The quantitative estimate of drug-likeness (QED) is 0.602. The van der Waals surface area contributed by atoms with E-state index in [1.54, 1.807) is 0 Å². The first-order valence-corrected chi connectivity index (χ1v) is 7.31. The van der Waals surface area contributed by atoms with Gasteiger partial charge >= 0.3 is 12.0 Å². The van der Waals surface area contributed by atoms with E-state index in [1.165, 1.54) is 19.3 Å². The minimum absolute atomic E-state index is 0.107. The molecule has 5 heteroatoms. The highest BCUT2D eigenvalue weighted by Gasteiger charge is 2.16. The fraction of sp³-hybridized carbons (Fsp3) is 0.857. The summed E-state index contributed by atoms with van der Waals surface area (Å²) in [4.78, 5) is 21.9. The first-order chi connectivity index (χ1) is 9.08. The number of amides is 2. The third-order valence-electron chi connectivity index (χ3n) is 3.84. The normalized spacial score (nSPS) is 16.5. The Hall–Kier alpha value is -1.26. The van der Waals surface area contributed by atoms with Gasteiger partial charge in [0.1, 0.15) is 0 Å². The van der Waals surface area contributed by atoms with Gasteiger partial charge in [-0.05, 0) is 31.1 Å². The van der Waals surface area contributed by atoms with Gasteiger partial charge in [-0.25, -0.2) is 4.79 Å². The molecule has 1 atom stereocenters. The van der Waals surface area contributed by atoms with Gasteiger partial charge in [0.05, 0.1) is 0 Å². The van der Waals surface area contributed by atoms with Crippen molar-refractivity contribution in [2.75, 3.05) is 13.1 Å². The van der Waals surface area contributed by atoms with Crippen LogP contribution in [0.15, 0.2) is 0 Å². The van der Waals surface area contributed by atoms with Crippen molar-refractivity contribution in [2.45, 2.75) is 51.9 Å². The maximum Gasteiger partial charge on any atom is 0.314 e. The lowest BCUT2D eigenvalue weighted by Gasteiger charge is -2.25. The second kappa shape index (κ2) is 8.77. The van der Waals surface area contributed by atoms with Gasteiger partial charge in [0, 0.05) is 19.5 Å². The molecule has 1 aliphatic carbocycles. The van der Waals surface area contributed by atoms with Crippen LogP contribution in [-0.2, 0) is 4.79 Å². The van der Waals surface area contributed by atoms with Crippen molar-refractivity contribution in [1.29, 1.82) is 0 Å². The second-order valence-corrected chi connectivity index (χ2v) is 5.59. The summed E-state index contributed by atoms with van der Waals surface area (Å²) >= 11 is 0. The highest BCUT2D eigenvalue weighted by atomic mass is 16.4. The van der Waals surface area contributed by atoms with E-state index in [0.717, 1.165) is 25.3 Å². The summed E-state index contributed by atoms with van der Waals surface area (Å²) in [5.74, 6) is 0.385. The first-order valence-electron chi connectivity index (χ1n) is 7.31. The molecule has 0 saturated heterocycles. The molecule has 3 N–H and O–H groups in total. The Kier molecular flexibility index (Phi) is 7.30. The van der Waals surface area contributed by atoms with Gasteiger partial charge < -0.3 is 15.7 Å². The smallest absolute Gasteiger partial charge is 0.314 e. The number of carboxylic acids is 1. The zero-order chi connectivity index (χ0) is 14.1. The Morgan fingerprint density at radius 1 is 1.21 bits per heavy atom. The van der Waals surface area contributed by atoms with E-state index in [0.29, 0.717) is 18.9 Å². The van der Waals surface area contributed by atoms with Crippen LogP contribution in [0.4, 0.5) is 4.79 Å². The summed E-state index contributed by atoms with van der Waals surface area (Å²) in [5, 5.41) is 14.2. The molecule has 0 aliphatic heterocycles. The summed E-state index contributed by atoms with van der Waals surface area (Å²) in [5.41, 5.74) is 0. The van der Waals surface area contributed by atoms with Gasteiger partial charge in [-0.3, -0.25) is 4.79 Å². The lowest BCUT2D eigenvalue weighted by Crippen LogP contribution is -2.37. The van der Waals surface area contributed by atoms with E-state index in [9.17, 15) is 9.59 Å². The summed E-state index contributed by atoms with van der Waals surface area (Å²) in [6, 6.07) is -0.107. The number of rotatable bonds is 9. The van der Waals surface area contributed by atoms with Crippen LogP contribution in [0.25, 0.3) is 0 Å². The lowest BCUT2D eigenvalue weighted by molar-refractivity contribution is -0.137. The topological polar surface area (TPSA) is 78.4 Å². The number of hydrogen-bond donors (Lipinski definition) is 3. The van der Waals surface area contributed by atoms with Gasteiger partial charge in [0.2, 0.25) is 0 Å². The van der Waals surface area contributed by atoms with Gasteiger partial charge in [0.25, 0.3) is 0 Å². The zero-order valence-corrected chi connectivity index (χ0v) is 11.8. The lowest BCUT2D eigenvalue weighted by atomic mass is 9.83. The van der Waals surface area contributed by atoms with Crippen LogP contribution in [0.1, 0.15) is 51.9 Å². The average molecular weight is 270 g/mol. The number of nitrogens with one attached hydrogen (secondary N) is 2. The third kappa shape index (κ3) is 7.70. The molecule has 5 nitrogen and oxygen atoms in total. The number of carboxylic acid groups (broad SMARTS) is 1. The number of carbonyl (C=O) groups excluding carboxylic acids is 1. The molecule has 19 heavy (non-hydrogen) atoms. The predicted molar refractivity (Wildman–Crippen MR) is 74.0 cm³/mol. The van der Waals surface area contributed by atoms with Crippen LogP contribution in [0.3, 0.4) is 0 Å². The van der Waals surface area contributed by atoms with E-state index in [1.807, 2.05) is 6.92 Å². The fourth-order valence-electron chi connectivity index (χ4n) is 2.18. The van der Waals surface area contributed by atoms with Crippen LogP contribution >= 0.6 is 0 Å². The third-order valence-corrected chi connectivity index (χ3v) is 3.84. The van der Waals surface area contributed by atoms with Crippen LogP contribution in [0.5, 0.6) is 0 Å². The monoisotopic (exact) mass is 270 g/mol. The number of aliphatic carboxylic acids is 1. The van der Waals surface area contributed by atoms with E-state index in [-0.39, 0.29) is 12.5 Å². The molecule has 0 aromatic heterocycles. The van der Waals surface area contributed by atoms with Gasteiger partial charge in [-0.15, -0.1) is 0 Å². The van der Waals surface area contributed by atoms with Crippen molar-refractivity contribution in [3.05, 3.63) is 0 Å². The summed E-state index contributed by atoms with van der Waals surface area (Å²) < 4.78 is 0. The minimum atomic E-state index is -0.756. The van der Waals surface area contributed by atoms with Crippen molar-refractivity contribution in [3.8, 4) is 0 Å². The Labute approximate surface area is 115 Å². The van der Waals surface area contributed by atoms with E-state index < -0.39 is 5.97 Å². The Morgan fingerprint density at radius 3 is 2.47 bits per heavy atom. The van der Waals surface area contributed by atoms with Crippen molar-refractivity contribution >= 4 is 12.0 Å². The largest absolute Gasteiger partial charge is 0.481 e. The standard InChI is InChI=1S/C14H26N2O3/c1-11(5-6-13(17)18)7-9-15-14(19)16-10-8-12-3-2-4-12/h11-12H,2-10H2,1H3,(H,17,18)(H2,15,16,19). The molecule has 0 heterocycles. The molecule has 110 valence electrons. The molecule has 0 spiro atoms. The van der Waals surface area contributed by atoms with Crippen LogP contribution in [0, 0.1) is 11.8 Å². The molecule has 0 aromatic rings. The second-order valence-electron chi connectivity index (χ2n) is 5.59. The highest BCUT2D eigenvalue weighted by Crippen LogP contribution is 2.28.